The van der Waals surface area contributed by atoms with Crippen LogP contribution in [-0.2, 0) is 9.47 Å². The molecule has 2 aromatic rings. The van der Waals surface area contributed by atoms with Crippen LogP contribution in [0.25, 0.3) is 0 Å². The number of piperidine rings is 4. The van der Waals surface area contributed by atoms with Gasteiger partial charge in [-0.2, -0.15) is 0 Å². The molecule has 12 nitrogen and oxygen atoms in total. The second kappa shape index (κ2) is 17.6. The van der Waals surface area contributed by atoms with Crippen molar-refractivity contribution in [2.75, 3.05) is 62.2 Å². The molecule has 52 heavy (non-hydrogen) atoms. The van der Waals surface area contributed by atoms with Gasteiger partial charge in [0.1, 0.15) is 28.0 Å². The first kappa shape index (κ1) is 39.8. The van der Waals surface area contributed by atoms with E-state index >= 15 is 0 Å². The van der Waals surface area contributed by atoms with Crippen molar-refractivity contribution in [2.24, 2.45) is 23.7 Å². The van der Waals surface area contributed by atoms with Gasteiger partial charge in [-0.15, -0.1) is 0 Å². The first-order valence-corrected chi connectivity index (χ1v) is 19.7. The molecule has 0 spiro atoms. The number of nitrogens with zero attached hydrogens (tertiary/aromatic N) is 8. The lowest BCUT2D eigenvalue weighted by atomic mass is 9.79. The number of ether oxygens (including phenoxy) is 2. The Morgan fingerprint density at radius 1 is 0.558 bits per heavy atom. The van der Waals surface area contributed by atoms with Crippen LogP contribution < -0.4 is 9.80 Å². The van der Waals surface area contributed by atoms with E-state index in [1.54, 1.807) is 12.4 Å². The molecule has 4 saturated heterocycles. The lowest BCUT2D eigenvalue weighted by Gasteiger charge is -2.40. The van der Waals surface area contributed by atoms with Crippen molar-refractivity contribution in [3.05, 3.63) is 35.6 Å². The minimum Gasteiger partial charge on any atom is -0.444 e. The maximum absolute atomic E-state index is 12.2. The van der Waals surface area contributed by atoms with E-state index in [0.717, 1.165) is 113 Å². The number of carbonyl (C=O) groups excluding carboxylic acids is 2. The molecule has 0 aliphatic carbocycles. The second-order valence-electron chi connectivity index (χ2n) is 17.0. The van der Waals surface area contributed by atoms with Gasteiger partial charge in [0, 0.05) is 52.4 Å². The summed E-state index contributed by atoms with van der Waals surface area (Å²) in [5.41, 5.74) is 0.116. The number of rotatable bonds is 4. The van der Waals surface area contributed by atoms with Crippen molar-refractivity contribution in [1.29, 1.82) is 0 Å². The Kier molecular flexibility index (Phi) is 13.5. The van der Waals surface area contributed by atoms with E-state index in [4.69, 9.17) is 21.1 Å². The molecule has 4 fully saturated rings. The molecule has 4 aliphatic rings. The molecule has 13 heteroatoms. The van der Waals surface area contributed by atoms with Gasteiger partial charge in [0.25, 0.3) is 0 Å². The lowest BCUT2D eigenvalue weighted by Crippen LogP contribution is -2.44. The summed E-state index contributed by atoms with van der Waals surface area (Å²) in [6.45, 7) is 20.8. The maximum Gasteiger partial charge on any atom is 0.410 e. The van der Waals surface area contributed by atoms with Gasteiger partial charge in [0.05, 0.1) is 30.5 Å². The first-order valence-electron chi connectivity index (χ1n) is 19.4. The Morgan fingerprint density at radius 3 is 1.21 bits per heavy atom. The third-order valence-corrected chi connectivity index (χ3v) is 11.0. The Balaban J connectivity index is 0.000000201. The fourth-order valence-corrected chi connectivity index (χ4v) is 8.08. The highest BCUT2D eigenvalue weighted by Gasteiger charge is 2.34. The predicted molar refractivity (Wildman–Crippen MR) is 205 cm³/mol. The van der Waals surface area contributed by atoms with Gasteiger partial charge >= 0.3 is 12.2 Å². The Labute approximate surface area is 316 Å². The molecule has 0 N–H and O–H groups in total. The smallest absolute Gasteiger partial charge is 0.410 e. The molecule has 2 amide bonds. The summed E-state index contributed by atoms with van der Waals surface area (Å²) in [6, 6.07) is 0. The number of amides is 2. The van der Waals surface area contributed by atoms with Crippen molar-refractivity contribution >= 4 is 35.4 Å². The van der Waals surface area contributed by atoms with Gasteiger partial charge in [0.15, 0.2) is 0 Å². The number of aryl methyl sites for hydroxylation is 1. The molecule has 4 aliphatic heterocycles. The molecule has 0 aromatic carbocycles. The summed E-state index contributed by atoms with van der Waals surface area (Å²) < 4.78 is 11.0. The second-order valence-corrected chi connectivity index (χ2v) is 17.4. The SMILES string of the molecule is CC(C)(C)OC(=O)N1CCC(C2CCN(c3cnc(Cl)cn3)CC2)CC1.Cc1cnc(N2CCC(C3CCN(C(=O)OC(C)(C)C)CC3)CC2)cn1. The summed E-state index contributed by atoms with van der Waals surface area (Å²) in [7, 11) is 0. The quantitative estimate of drug-likeness (QED) is 0.310. The Hall–Kier alpha value is -3.41. The number of carbonyl (C=O) groups is 2. The molecule has 0 unspecified atom stereocenters. The van der Waals surface area contributed by atoms with Crippen LogP contribution in [0.5, 0.6) is 0 Å². The van der Waals surface area contributed by atoms with Gasteiger partial charge < -0.3 is 29.1 Å². The molecule has 2 aromatic heterocycles. The molecule has 6 rings (SSSR count). The van der Waals surface area contributed by atoms with Gasteiger partial charge in [-0.25, -0.2) is 24.5 Å². The predicted octanol–water partition coefficient (Wildman–Crippen LogP) is 7.64. The van der Waals surface area contributed by atoms with Crippen molar-refractivity contribution in [3.63, 3.8) is 0 Å². The summed E-state index contributed by atoms with van der Waals surface area (Å²) in [5.74, 6) is 4.81. The van der Waals surface area contributed by atoms with Gasteiger partial charge in [-0.1, -0.05) is 11.6 Å². The molecule has 288 valence electrons. The fourth-order valence-electron chi connectivity index (χ4n) is 7.98. The zero-order chi connectivity index (χ0) is 37.5. The normalized spacial score (nSPS) is 20.3. The average molecular weight is 741 g/mol. The third kappa shape index (κ3) is 11.8. The first-order chi connectivity index (χ1) is 24.6. The number of anilines is 2. The van der Waals surface area contributed by atoms with Crippen LogP contribution in [0.4, 0.5) is 21.2 Å². The minimum atomic E-state index is -0.425. The van der Waals surface area contributed by atoms with Gasteiger partial charge in [-0.3, -0.25) is 4.98 Å². The topological polar surface area (TPSA) is 117 Å². The Morgan fingerprint density at radius 2 is 0.904 bits per heavy atom. The third-order valence-electron chi connectivity index (χ3n) is 10.8. The summed E-state index contributed by atoms with van der Waals surface area (Å²) in [6.07, 6.45) is 15.8. The van der Waals surface area contributed by atoms with Crippen molar-refractivity contribution in [1.82, 2.24) is 29.7 Å². The standard InChI is InChI=1S/C20H32N4O2.C19H29ClN4O2/c1-15-13-22-18(14-21-15)23-9-5-16(6-10-23)17-7-11-24(12-8-17)19(25)26-20(2,3)4;1-19(2,3)26-18(25)24-10-6-15(7-11-24)14-4-8-23(9-5-14)17-13-21-16(20)12-22-17/h13-14,16-17H,5-12H2,1-4H3;12-15H,4-11H2,1-3H3. The van der Waals surface area contributed by atoms with Crippen molar-refractivity contribution in [3.8, 4) is 0 Å². The van der Waals surface area contributed by atoms with E-state index in [2.05, 4.69) is 29.7 Å². The zero-order valence-electron chi connectivity index (χ0n) is 32.5. The van der Waals surface area contributed by atoms with Crippen LogP contribution in [0.1, 0.15) is 98.6 Å². The van der Waals surface area contributed by atoms with Crippen molar-refractivity contribution in [2.45, 2.75) is 111 Å². The van der Waals surface area contributed by atoms with Crippen LogP contribution in [0, 0.1) is 30.6 Å². The Bertz CT molecular complexity index is 1310. The highest BCUT2D eigenvalue weighted by molar-refractivity contribution is 6.29. The highest BCUT2D eigenvalue weighted by Crippen LogP contribution is 2.35. The minimum absolute atomic E-state index is 0.163. The highest BCUT2D eigenvalue weighted by atomic mass is 35.5. The van der Waals surface area contributed by atoms with E-state index in [0.29, 0.717) is 11.1 Å². The largest absolute Gasteiger partial charge is 0.444 e. The van der Waals surface area contributed by atoms with E-state index < -0.39 is 11.2 Å². The summed E-state index contributed by atoms with van der Waals surface area (Å²) >= 11 is 5.82. The monoisotopic (exact) mass is 740 g/mol. The molecule has 0 radical (unpaired) electrons. The van der Waals surface area contributed by atoms with E-state index in [1.165, 1.54) is 25.7 Å². The van der Waals surface area contributed by atoms with E-state index in [1.807, 2.05) is 70.7 Å². The van der Waals surface area contributed by atoms with Gasteiger partial charge in [0.2, 0.25) is 0 Å². The van der Waals surface area contributed by atoms with E-state index in [9.17, 15) is 9.59 Å². The van der Waals surface area contributed by atoms with Crippen LogP contribution in [0.2, 0.25) is 5.15 Å². The number of hydrogen-bond donors (Lipinski definition) is 0. The summed E-state index contributed by atoms with van der Waals surface area (Å²) in [4.78, 5) is 50.1. The number of likely N-dealkylation sites (tertiary alicyclic amines) is 2. The molecular formula is C39H61ClN8O4. The summed E-state index contributed by atoms with van der Waals surface area (Å²) in [5, 5.41) is 0.431. The molecule has 6 heterocycles. The lowest BCUT2D eigenvalue weighted by molar-refractivity contribution is 0.0142. The van der Waals surface area contributed by atoms with Crippen LogP contribution in [-0.4, -0.2) is 105 Å². The van der Waals surface area contributed by atoms with Crippen LogP contribution in [0.3, 0.4) is 0 Å². The molecular weight excluding hydrogens is 680 g/mol. The number of hydrogen-bond acceptors (Lipinski definition) is 10. The van der Waals surface area contributed by atoms with Crippen LogP contribution in [0.15, 0.2) is 24.8 Å². The van der Waals surface area contributed by atoms with E-state index in [-0.39, 0.29) is 12.2 Å². The fraction of sp³-hybridized carbons (Fsp3) is 0.744. The van der Waals surface area contributed by atoms with Crippen molar-refractivity contribution < 1.29 is 19.1 Å². The van der Waals surface area contributed by atoms with Crippen LogP contribution >= 0.6 is 11.6 Å². The van der Waals surface area contributed by atoms with Gasteiger partial charge in [-0.05, 0) is 124 Å². The molecule has 0 bridgehead atoms. The molecule has 0 saturated carbocycles. The number of halogens is 1. The number of aromatic nitrogens is 4. The average Bonchev–Trinajstić information content (AvgIpc) is 3.11. The maximum atomic E-state index is 12.2. The molecule has 0 atom stereocenters. The zero-order valence-corrected chi connectivity index (χ0v) is 33.3.